The summed E-state index contributed by atoms with van der Waals surface area (Å²) in [5, 5.41) is 10.2. The predicted molar refractivity (Wildman–Crippen MR) is 421 cm³/mol. The molecule has 664 valence electrons. The van der Waals surface area contributed by atoms with Gasteiger partial charge in [0.15, 0.2) is 52.9 Å². The Morgan fingerprint density at radius 3 is 0.628 bits per heavy atom. The lowest BCUT2D eigenvalue weighted by molar-refractivity contribution is -0.170. The van der Waals surface area contributed by atoms with Crippen molar-refractivity contribution in [1.82, 2.24) is 0 Å². The van der Waals surface area contributed by atoms with Crippen molar-refractivity contribution in [1.29, 1.82) is 0 Å². The maximum Gasteiger partial charge on any atom is 0.344 e. The van der Waals surface area contributed by atoms with Crippen molar-refractivity contribution in [2.75, 3.05) is 52.9 Å². The molecule has 0 bridgehead atoms. The molecular formula is C86H110O35. The molecule has 0 saturated heterocycles. The van der Waals surface area contributed by atoms with E-state index >= 15 is 0 Å². The average Bonchev–Trinajstić information content (AvgIpc) is 0.827. The van der Waals surface area contributed by atoms with Gasteiger partial charge in [-0.05, 0) is 237 Å². The topological polar surface area (TPSA) is 467 Å². The molecule has 4 rings (SSSR count). The molecule has 0 amide bonds. The molecule has 0 aliphatic rings. The van der Waals surface area contributed by atoms with Gasteiger partial charge in [-0.15, -0.1) is 0 Å². The number of aryl methyl sites for hydroxylation is 2. The summed E-state index contributed by atoms with van der Waals surface area (Å²) >= 11 is 0. The summed E-state index contributed by atoms with van der Waals surface area (Å²) in [4.78, 5) is 209. The zero-order valence-corrected chi connectivity index (χ0v) is 72.2. The summed E-state index contributed by atoms with van der Waals surface area (Å²) in [6.07, 6.45) is 1.82. The number of carbonyl (C=O) groups excluding carboxylic acids is 17. The van der Waals surface area contributed by atoms with Crippen LogP contribution in [0.1, 0.15) is 256 Å². The molecule has 35 heteroatoms. The number of esters is 17. The van der Waals surface area contributed by atoms with Gasteiger partial charge in [-0.25, -0.2) is 67.1 Å². The second kappa shape index (κ2) is 45.7. The quantitative estimate of drug-likeness (QED) is 0.0244. The van der Waals surface area contributed by atoms with Gasteiger partial charge in [-0.3, -0.25) is 14.4 Å². The van der Waals surface area contributed by atoms with Crippen molar-refractivity contribution in [2.45, 2.75) is 242 Å². The number of carbonyl (C=O) groups is 17. The van der Waals surface area contributed by atoms with E-state index in [1.165, 1.54) is 0 Å². The number of phenolic OH excluding ortho intramolecular Hbond substituents is 1. The van der Waals surface area contributed by atoms with Crippen LogP contribution in [-0.2, 0) is 129 Å². The molecule has 0 aliphatic heterocycles. The molecular weight excluding hydrogens is 1590 g/mol. The Hall–Kier alpha value is -12.3. The van der Waals surface area contributed by atoms with Crippen LogP contribution in [0.3, 0.4) is 0 Å². The van der Waals surface area contributed by atoms with Crippen LogP contribution in [0.2, 0.25) is 0 Å². The molecule has 1 N–H and O–H groups in total. The molecule has 35 nitrogen and oxygen atoms in total. The highest BCUT2D eigenvalue weighted by atomic mass is 16.6. The van der Waals surface area contributed by atoms with Gasteiger partial charge in [0.25, 0.3) is 0 Å². The molecule has 4 aromatic carbocycles. The maximum absolute atomic E-state index is 13.0. The normalized spacial score (nSPS) is 11.6. The first-order chi connectivity index (χ1) is 55.7. The SMILES string of the molecule is CC(=O)OCC(=O)OC(C)(C)CCC(C)(C)OC(=O)COC(=O)c1cc(O)cc(C(=O)OCC(=O)OC(C)(C)CCC(C)(C)OC(=O)COC(=O)c2cccc(C)c2)c1.CC(=O)OCC(=O)OC(C)(C)CCC(C)(C)OC(=O)COC(=O)c1cc(OC(C)=O)cc(C(=O)OCC(=O)OC(C)(C)CCC(C)(C)OC(=O)COC(=O)c2cccc(C)c2)c1. The lowest BCUT2D eigenvalue weighted by atomic mass is 9.94. The molecule has 0 spiro atoms. The van der Waals surface area contributed by atoms with Crippen molar-refractivity contribution < 1.29 is 167 Å². The average molecular weight is 1700 g/mol. The van der Waals surface area contributed by atoms with Crippen LogP contribution < -0.4 is 4.74 Å². The molecule has 0 saturated carbocycles. The summed E-state index contributed by atoms with van der Waals surface area (Å²) < 4.78 is 88.2. The summed E-state index contributed by atoms with van der Waals surface area (Å²) in [5.74, 6) is -15.2. The Bertz CT molecular complexity index is 4410. The Balaban J connectivity index is 0.000000626. The summed E-state index contributed by atoms with van der Waals surface area (Å²) in [6, 6.07) is 19.7. The molecule has 0 heterocycles. The van der Waals surface area contributed by atoms with Crippen molar-refractivity contribution in [3.8, 4) is 11.5 Å². The standard InChI is InChI=1S/C44H56O18.C42H54O17/c1-27-13-12-14-30(19-27)38(51)55-24-35(48)60-42(6,7)17-18-44(10,11)62-37(50)26-57-40(53)32-20-31(21-33(22-32)58-29(3)46)39(52)56-25-36(49)61-43(8,9)16-15-41(4,5)59-34(47)23-54-28(2)45;1-26-12-11-13-28(18-26)36(49)53-23-33(46)57-40(5,6)16-17-42(9,10)59-35(48)25-55-38(51)30-19-29(20-31(44)21-30)37(50)54-24-34(47)58-41(7,8)15-14-39(3,4)56-32(45)22-52-27(2)43/h12-14,19-22H,15-18,23-26H2,1-11H3;11-13,18-21,44H,14-17,22-25H2,1-10H3. The highest BCUT2D eigenvalue weighted by Crippen LogP contribution is 2.31. The second-order valence-electron chi connectivity index (χ2n) is 32.7. The number of phenols is 1. The van der Waals surface area contributed by atoms with Gasteiger partial charge in [-0.1, -0.05) is 35.4 Å². The minimum Gasteiger partial charge on any atom is -0.508 e. The Morgan fingerprint density at radius 1 is 0.248 bits per heavy atom. The monoisotopic (exact) mass is 1700 g/mol. The molecule has 0 atom stereocenters. The number of hydrogen-bond acceptors (Lipinski definition) is 35. The zero-order chi connectivity index (χ0) is 91.8. The summed E-state index contributed by atoms with van der Waals surface area (Å²) in [6.45, 7) is 27.3. The van der Waals surface area contributed by atoms with E-state index in [-0.39, 0.29) is 79.4 Å². The lowest BCUT2D eigenvalue weighted by Gasteiger charge is -2.31. The van der Waals surface area contributed by atoms with Gasteiger partial charge in [-0.2, -0.15) is 0 Å². The largest absolute Gasteiger partial charge is 0.508 e. The van der Waals surface area contributed by atoms with E-state index in [1.54, 1.807) is 147 Å². The fraction of sp³-hybridized carbons (Fsp3) is 0.523. The molecule has 121 heavy (non-hydrogen) atoms. The smallest absolute Gasteiger partial charge is 0.344 e. The van der Waals surface area contributed by atoms with Crippen LogP contribution in [0.4, 0.5) is 0 Å². The third-order valence-electron chi connectivity index (χ3n) is 16.7. The molecule has 0 radical (unpaired) electrons. The minimum absolute atomic E-state index is 0.201. The second-order valence-corrected chi connectivity index (χ2v) is 32.7. The Kier molecular flexibility index (Phi) is 38.9. The van der Waals surface area contributed by atoms with Gasteiger partial charge in [0.2, 0.25) is 0 Å². The Morgan fingerprint density at radius 2 is 0.438 bits per heavy atom. The van der Waals surface area contributed by atoms with Gasteiger partial charge >= 0.3 is 101 Å². The number of rotatable bonds is 43. The van der Waals surface area contributed by atoms with Gasteiger partial charge < -0.3 is 85.6 Å². The van der Waals surface area contributed by atoms with Gasteiger partial charge in [0.1, 0.15) is 56.3 Å². The number of hydrogen-bond donors (Lipinski definition) is 1. The van der Waals surface area contributed by atoms with E-state index in [1.807, 2.05) is 26.0 Å². The number of ether oxygens (including phenoxy) is 17. The van der Waals surface area contributed by atoms with E-state index < -0.39 is 205 Å². The van der Waals surface area contributed by atoms with Crippen LogP contribution in [0, 0.1) is 13.8 Å². The van der Waals surface area contributed by atoms with Crippen LogP contribution in [0.5, 0.6) is 11.5 Å². The van der Waals surface area contributed by atoms with E-state index in [4.69, 9.17) is 71.1 Å². The molecule has 4 aromatic rings. The Labute approximate surface area is 701 Å². The van der Waals surface area contributed by atoms with E-state index in [0.717, 1.165) is 68.3 Å². The van der Waals surface area contributed by atoms with E-state index in [0.29, 0.717) is 11.1 Å². The van der Waals surface area contributed by atoms with Crippen LogP contribution in [0.15, 0.2) is 84.9 Å². The van der Waals surface area contributed by atoms with Gasteiger partial charge in [0, 0.05) is 20.8 Å². The first-order valence-electron chi connectivity index (χ1n) is 38.1. The third-order valence-corrected chi connectivity index (χ3v) is 16.7. The van der Waals surface area contributed by atoms with Crippen molar-refractivity contribution in [3.63, 3.8) is 0 Å². The van der Waals surface area contributed by atoms with E-state index in [2.05, 4.69) is 9.47 Å². The summed E-state index contributed by atoms with van der Waals surface area (Å²) in [7, 11) is 0. The van der Waals surface area contributed by atoms with Crippen LogP contribution >= 0.6 is 0 Å². The van der Waals surface area contributed by atoms with Gasteiger partial charge in [0.05, 0.1) is 33.4 Å². The fourth-order valence-electron chi connectivity index (χ4n) is 10.5. The van der Waals surface area contributed by atoms with Crippen LogP contribution in [-0.4, -0.2) is 204 Å². The highest BCUT2D eigenvalue weighted by Gasteiger charge is 2.36. The van der Waals surface area contributed by atoms with Crippen LogP contribution in [0.25, 0.3) is 0 Å². The maximum atomic E-state index is 13.0. The lowest BCUT2D eigenvalue weighted by Crippen LogP contribution is -2.36. The first kappa shape index (κ1) is 103. The molecule has 0 unspecified atom stereocenters. The predicted octanol–water partition coefficient (Wildman–Crippen LogP) is 10.8. The van der Waals surface area contributed by atoms with E-state index in [9.17, 15) is 86.6 Å². The van der Waals surface area contributed by atoms with Crippen molar-refractivity contribution in [2.24, 2.45) is 0 Å². The zero-order valence-electron chi connectivity index (χ0n) is 72.2. The fourth-order valence-corrected chi connectivity index (χ4v) is 10.5. The van der Waals surface area contributed by atoms with Crippen molar-refractivity contribution >= 4 is 101 Å². The molecule has 0 aliphatic carbocycles. The molecule has 0 fully saturated rings. The third kappa shape index (κ3) is 42.8. The minimum atomic E-state index is -1.12. The first-order valence-corrected chi connectivity index (χ1v) is 38.1. The molecule has 0 aromatic heterocycles. The summed E-state index contributed by atoms with van der Waals surface area (Å²) in [5.41, 5.74) is -7.38. The number of benzene rings is 4. The number of aromatic hydroxyl groups is 1. The highest BCUT2D eigenvalue weighted by molar-refractivity contribution is 5.99. The van der Waals surface area contributed by atoms with Crippen molar-refractivity contribution in [3.05, 3.63) is 129 Å².